The van der Waals surface area contributed by atoms with E-state index in [-0.39, 0.29) is 0 Å². The number of rotatable bonds is 4. The van der Waals surface area contributed by atoms with Crippen molar-refractivity contribution in [3.05, 3.63) is 41.9 Å². The Balaban J connectivity index is 2.37. The van der Waals surface area contributed by atoms with E-state index in [0.29, 0.717) is 5.82 Å². The molecule has 0 fully saturated rings. The zero-order valence-corrected chi connectivity index (χ0v) is 10.7. The maximum absolute atomic E-state index is 10.5. The summed E-state index contributed by atoms with van der Waals surface area (Å²) in [6.45, 7) is 1.89. The number of carbonyl (C=O) groups is 1. The zero-order chi connectivity index (χ0) is 13.8. The molecule has 0 unspecified atom stereocenters. The minimum atomic E-state index is -1.00. The van der Waals surface area contributed by atoms with Crippen LogP contribution in [0.5, 0.6) is 5.75 Å². The van der Waals surface area contributed by atoms with Crippen molar-refractivity contribution < 1.29 is 14.6 Å². The molecular formula is C14H14N2O3. The minimum absolute atomic E-state index is 0.512. The SMILES string of the molecule is COc1cccc(-c2nc(/C=C/C(=O)O)[nH]c2C)c1. The second kappa shape index (κ2) is 5.39. The molecule has 1 aromatic carbocycles. The first-order chi connectivity index (χ1) is 9.10. The Kier molecular flexibility index (Phi) is 3.66. The fourth-order valence-electron chi connectivity index (χ4n) is 1.76. The highest BCUT2D eigenvalue weighted by Crippen LogP contribution is 2.25. The van der Waals surface area contributed by atoms with E-state index in [2.05, 4.69) is 9.97 Å². The van der Waals surface area contributed by atoms with Gasteiger partial charge in [-0.25, -0.2) is 9.78 Å². The number of carboxylic acid groups (broad SMARTS) is 1. The molecular weight excluding hydrogens is 244 g/mol. The maximum atomic E-state index is 10.5. The fourth-order valence-corrected chi connectivity index (χ4v) is 1.76. The molecule has 98 valence electrons. The van der Waals surface area contributed by atoms with Gasteiger partial charge in [0, 0.05) is 17.3 Å². The van der Waals surface area contributed by atoms with Gasteiger partial charge in [-0.3, -0.25) is 0 Å². The Morgan fingerprint density at radius 3 is 2.95 bits per heavy atom. The summed E-state index contributed by atoms with van der Waals surface area (Å²) in [4.78, 5) is 17.9. The van der Waals surface area contributed by atoms with Crippen molar-refractivity contribution in [3.8, 4) is 17.0 Å². The van der Waals surface area contributed by atoms with Crippen LogP contribution in [0.3, 0.4) is 0 Å². The van der Waals surface area contributed by atoms with E-state index >= 15 is 0 Å². The van der Waals surface area contributed by atoms with Crippen LogP contribution in [0, 0.1) is 6.92 Å². The molecule has 0 aliphatic carbocycles. The lowest BCUT2D eigenvalue weighted by molar-refractivity contribution is -0.131. The molecule has 2 N–H and O–H groups in total. The molecule has 0 saturated heterocycles. The van der Waals surface area contributed by atoms with E-state index in [4.69, 9.17) is 9.84 Å². The second-order valence-electron chi connectivity index (χ2n) is 4.00. The van der Waals surface area contributed by atoms with Crippen molar-refractivity contribution in [2.75, 3.05) is 7.11 Å². The standard InChI is InChI=1S/C14H14N2O3/c1-9-14(10-4-3-5-11(8-10)19-2)16-12(15-9)6-7-13(17)18/h3-8H,1-2H3,(H,15,16)(H,17,18)/b7-6+. The van der Waals surface area contributed by atoms with Crippen LogP contribution in [0.2, 0.25) is 0 Å². The monoisotopic (exact) mass is 258 g/mol. The van der Waals surface area contributed by atoms with Crippen molar-refractivity contribution in [1.29, 1.82) is 0 Å². The van der Waals surface area contributed by atoms with Crippen LogP contribution in [0.25, 0.3) is 17.3 Å². The smallest absolute Gasteiger partial charge is 0.328 e. The highest BCUT2D eigenvalue weighted by molar-refractivity contribution is 5.84. The number of aliphatic carboxylic acids is 1. The highest BCUT2D eigenvalue weighted by atomic mass is 16.5. The summed E-state index contributed by atoms with van der Waals surface area (Å²) in [7, 11) is 1.61. The summed E-state index contributed by atoms with van der Waals surface area (Å²) in [5.74, 6) is 0.261. The van der Waals surface area contributed by atoms with Gasteiger partial charge in [0.2, 0.25) is 0 Å². The molecule has 0 spiro atoms. The van der Waals surface area contributed by atoms with Crippen molar-refractivity contribution >= 4 is 12.0 Å². The second-order valence-corrected chi connectivity index (χ2v) is 4.00. The first kappa shape index (κ1) is 12.9. The predicted molar refractivity (Wildman–Crippen MR) is 72.0 cm³/mol. The summed E-state index contributed by atoms with van der Waals surface area (Å²) in [5, 5.41) is 8.59. The number of aromatic amines is 1. The van der Waals surface area contributed by atoms with Gasteiger partial charge >= 0.3 is 5.97 Å². The van der Waals surface area contributed by atoms with Crippen molar-refractivity contribution in [3.63, 3.8) is 0 Å². The summed E-state index contributed by atoms with van der Waals surface area (Å²) < 4.78 is 5.17. The first-order valence-electron chi connectivity index (χ1n) is 5.72. The Morgan fingerprint density at radius 1 is 1.47 bits per heavy atom. The predicted octanol–water partition coefficient (Wildman–Crippen LogP) is 2.49. The zero-order valence-electron chi connectivity index (χ0n) is 10.7. The summed E-state index contributed by atoms with van der Waals surface area (Å²) in [5.41, 5.74) is 2.57. The van der Waals surface area contributed by atoms with Gasteiger partial charge < -0.3 is 14.8 Å². The lowest BCUT2D eigenvalue weighted by atomic mass is 10.1. The number of aromatic nitrogens is 2. The van der Waals surface area contributed by atoms with Crippen LogP contribution < -0.4 is 4.74 Å². The molecule has 1 heterocycles. The van der Waals surface area contributed by atoms with Crippen LogP contribution in [-0.2, 0) is 4.79 Å². The van der Waals surface area contributed by atoms with Crippen LogP contribution in [0.4, 0.5) is 0 Å². The van der Waals surface area contributed by atoms with Gasteiger partial charge in [0.25, 0.3) is 0 Å². The third kappa shape index (κ3) is 3.01. The number of imidazole rings is 1. The number of H-pyrrole nitrogens is 1. The molecule has 2 aromatic rings. The lowest BCUT2D eigenvalue weighted by Gasteiger charge is -2.02. The van der Waals surface area contributed by atoms with Crippen LogP contribution in [0.15, 0.2) is 30.3 Å². The number of hydrogen-bond acceptors (Lipinski definition) is 3. The van der Waals surface area contributed by atoms with Gasteiger partial charge in [-0.1, -0.05) is 12.1 Å². The fraction of sp³-hybridized carbons (Fsp3) is 0.143. The molecule has 1 aromatic heterocycles. The third-order valence-electron chi connectivity index (χ3n) is 2.63. The molecule has 19 heavy (non-hydrogen) atoms. The summed E-state index contributed by atoms with van der Waals surface area (Å²) in [6.07, 6.45) is 2.48. The number of ether oxygens (including phenoxy) is 1. The number of carboxylic acids is 1. The first-order valence-corrected chi connectivity index (χ1v) is 5.72. The van der Waals surface area contributed by atoms with Crippen molar-refractivity contribution in [2.24, 2.45) is 0 Å². The van der Waals surface area contributed by atoms with Gasteiger partial charge in [-0.2, -0.15) is 0 Å². The molecule has 0 aliphatic heterocycles. The average molecular weight is 258 g/mol. The Hall–Kier alpha value is -2.56. The van der Waals surface area contributed by atoms with Crippen molar-refractivity contribution in [1.82, 2.24) is 9.97 Å². The number of aryl methyl sites for hydroxylation is 1. The average Bonchev–Trinajstić information content (AvgIpc) is 2.78. The molecule has 0 atom stereocenters. The van der Waals surface area contributed by atoms with Gasteiger partial charge in [0.15, 0.2) is 0 Å². The van der Waals surface area contributed by atoms with Gasteiger partial charge in [0.1, 0.15) is 11.6 Å². The maximum Gasteiger partial charge on any atom is 0.328 e. The number of hydrogen-bond donors (Lipinski definition) is 2. The van der Waals surface area contributed by atoms with E-state index in [1.807, 2.05) is 31.2 Å². The van der Waals surface area contributed by atoms with Crippen LogP contribution in [-0.4, -0.2) is 28.2 Å². The molecule has 2 rings (SSSR count). The number of methoxy groups -OCH3 is 1. The topological polar surface area (TPSA) is 75.2 Å². The molecule has 0 bridgehead atoms. The molecule has 0 amide bonds. The van der Waals surface area contributed by atoms with Crippen LogP contribution in [0.1, 0.15) is 11.5 Å². The van der Waals surface area contributed by atoms with E-state index in [1.165, 1.54) is 6.08 Å². The molecule has 0 saturated carbocycles. The number of benzene rings is 1. The van der Waals surface area contributed by atoms with Gasteiger partial charge in [0.05, 0.1) is 12.8 Å². The minimum Gasteiger partial charge on any atom is -0.497 e. The highest BCUT2D eigenvalue weighted by Gasteiger charge is 2.08. The lowest BCUT2D eigenvalue weighted by Crippen LogP contribution is -1.86. The van der Waals surface area contributed by atoms with E-state index < -0.39 is 5.97 Å². The molecule has 5 nitrogen and oxygen atoms in total. The molecule has 5 heteroatoms. The molecule has 0 aliphatic rings. The van der Waals surface area contributed by atoms with Gasteiger partial charge in [-0.15, -0.1) is 0 Å². The third-order valence-corrected chi connectivity index (χ3v) is 2.63. The molecule has 0 radical (unpaired) electrons. The summed E-state index contributed by atoms with van der Waals surface area (Å²) >= 11 is 0. The normalized spacial score (nSPS) is 10.8. The van der Waals surface area contributed by atoms with Crippen LogP contribution >= 0.6 is 0 Å². The quantitative estimate of drug-likeness (QED) is 0.826. The van der Waals surface area contributed by atoms with E-state index in [9.17, 15) is 4.79 Å². The Morgan fingerprint density at radius 2 is 2.26 bits per heavy atom. The Labute approximate surface area is 110 Å². The van der Waals surface area contributed by atoms with Gasteiger partial charge in [-0.05, 0) is 25.1 Å². The summed E-state index contributed by atoms with van der Waals surface area (Å²) in [6, 6.07) is 7.55. The van der Waals surface area contributed by atoms with E-state index in [0.717, 1.165) is 28.8 Å². The Bertz CT molecular complexity index is 629. The van der Waals surface area contributed by atoms with E-state index in [1.54, 1.807) is 7.11 Å². The van der Waals surface area contributed by atoms with Crippen molar-refractivity contribution in [2.45, 2.75) is 6.92 Å². The number of nitrogens with one attached hydrogen (secondary N) is 1. The number of nitrogens with zero attached hydrogens (tertiary/aromatic N) is 1. The largest absolute Gasteiger partial charge is 0.497 e.